The molecule has 0 unspecified atom stereocenters. The normalized spacial score (nSPS) is 9.86. The molecule has 0 saturated heterocycles. The van der Waals surface area contributed by atoms with Gasteiger partial charge in [-0.25, -0.2) is 4.39 Å². The lowest BCUT2D eigenvalue weighted by Crippen LogP contribution is -1.68. The van der Waals surface area contributed by atoms with Gasteiger partial charge in [-0.2, -0.15) is 0 Å². The molecule has 1 aromatic heterocycles. The molecule has 0 atom stereocenters. The second-order valence-corrected chi connectivity index (χ2v) is 3.00. The first-order valence-electron chi connectivity index (χ1n) is 4.03. The molecule has 0 radical (unpaired) electrons. The molecule has 1 nitrogen and oxygen atoms in total. The quantitative estimate of drug-likeness (QED) is 0.479. The van der Waals surface area contributed by atoms with E-state index in [1.165, 1.54) is 12.1 Å². The van der Waals surface area contributed by atoms with Crippen molar-refractivity contribution in [3.8, 4) is 11.8 Å². The molecule has 0 spiro atoms. The second-order valence-electron chi connectivity index (χ2n) is 2.73. The molecule has 14 heavy (non-hydrogen) atoms. The van der Waals surface area contributed by atoms with Gasteiger partial charge < -0.3 is 4.42 Å². The number of halogens is 2. The zero-order valence-electron chi connectivity index (χ0n) is 7.18. The molecule has 1 heterocycles. The Hall–Kier alpha value is -1.46. The van der Waals surface area contributed by atoms with E-state index in [1.807, 2.05) is 0 Å². The van der Waals surface area contributed by atoms with Crippen molar-refractivity contribution < 1.29 is 8.81 Å². The van der Waals surface area contributed by atoms with Crippen molar-refractivity contribution >= 4 is 22.6 Å². The molecule has 2 aromatic rings. The van der Waals surface area contributed by atoms with Crippen molar-refractivity contribution in [2.75, 3.05) is 5.88 Å². The van der Waals surface area contributed by atoms with Crippen molar-refractivity contribution in [1.82, 2.24) is 0 Å². The van der Waals surface area contributed by atoms with Gasteiger partial charge in [-0.3, -0.25) is 0 Å². The Balaban J connectivity index is 2.51. The van der Waals surface area contributed by atoms with E-state index in [2.05, 4.69) is 11.8 Å². The summed E-state index contributed by atoms with van der Waals surface area (Å²) in [6.07, 6.45) is 0. The van der Waals surface area contributed by atoms with Gasteiger partial charge in [-0.05, 0) is 24.1 Å². The lowest BCUT2D eigenvalue weighted by Gasteiger charge is -1.86. The molecule has 0 aliphatic heterocycles. The van der Waals surface area contributed by atoms with Crippen molar-refractivity contribution in [2.45, 2.75) is 0 Å². The maximum atomic E-state index is 12.8. The van der Waals surface area contributed by atoms with Gasteiger partial charge >= 0.3 is 0 Å². The van der Waals surface area contributed by atoms with Crippen LogP contribution < -0.4 is 0 Å². The molecular formula is C11H6ClFO. The highest BCUT2D eigenvalue weighted by atomic mass is 35.5. The molecule has 0 aliphatic rings. The van der Waals surface area contributed by atoms with E-state index in [1.54, 1.807) is 12.1 Å². The Morgan fingerprint density at radius 1 is 1.36 bits per heavy atom. The third-order valence-corrected chi connectivity index (χ3v) is 1.89. The maximum Gasteiger partial charge on any atom is 0.178 e. The van der Waals surface area contributed by atoms with E-state index in [0.29, 0.717) is 16.7 Å². The largest absolute Gasteiger partial charge is 0.448 e. The average molecular weight is 209 g/mol. The summed E-state index contributed by atoms with van der Waals surface area (Å²) in [7, 11) is 0. The van der Waals surface area contributed by atoms with Gasteiger partial charge in [-0.1, -0.05) is 5.92 Å². The van der Waals surface area contributed by atoms with Crippen LogP contribution in [0.5, 0.6) is 0 Å². The molecule has 0 aliphatic carbocycles. The van der Waals surface area contributed by atoms with E-state index < -0.39 is 0 Å². The predicted octanol–water partition coefficient (Wildman–Crippen LogP) is 3.16. The average Bonchev–Trinajstić information content (AvgIpc) is 2.56. The molecule has 0 N–H and O–H groups in total. The minimum Gasteiger partial charge on any atom is -0.448 e. The standard InChI is InChI=1S/C11H6ClFO/c12-5-1-2-10-7-8-6-9(13)3-4-11(8)14-10/h3-4,6-7H,5H2. The first-order chi connectivity index (χ1) is 6.79. The monoisotopic (exact) mass is 208 g/mol. The topological polar surface area (TPSA) is 13.1 Å². The summed E-state index contributed by atoms with van der Waals surface area (Å²) < 4.78 is 18.1. The van der Waals surface area contributed by atoms with Gasteiger partial charge in [-0.15, -0.1) is 11.6 Å². The van der Waals surface area contributed by atoms with Gasteiger partial charge in [0.2, 0.25) is 0 Å². The van der Waals surface area contributed by atoms with Crippen LogP contribution in [0, 0.1) is 17.7 Å². The number of alkyl halides is 1. The van der Waals surface area contributed by atoms with Crippen LogP contribution in [0.3, 0.4) is 0 Å². The molecule has 0 saturated carbocycles. The maximum absolute atomic E-state index is 12.8. The molecule has 70 valence electrons. The SMILES string of the molecule is Fc1ccc2oc(C#CCCl)cc2c1. The minimum atomic E-state index is -0.282. The van der Waals surface area contributed by atoms with Crippen molar-refractivity contribution in [2.24, 2.45) is 0 Å². The Labute approximate surface area is 85.5 Å². The Bertz CT molecular complexity index is 519. The predicted molar refractivity (Wildman–Crippen MR) is 53.8 cm³/mol. The number of furan rings is 1. The number of hydrogen-bond acceptors (Lipinski definition) is 1. The molecular weight excluding hydrogens is 203 g/mol. The summed E-state index contributed by atoms with van der Waals surface area (Å²) >= 11 is 5.40. The molecule has 1 aromatic carbocycles. The molecule has 0 bridgehead atoms. The first kappa shape index (κ1) is 9.11. The van der Waals surface area contributed by atoms with E-state index >= 15 is 0 Å². The van der Waals surface area contributed by atoms with Gasteiger partial charge in [0.05, 0.1) is 5.88 Å². The van der Waals surface area contributed by atoms with Crippen LogP contribution in [0.2, 0.25) is 0 Å². The molecule has 0 amide bonds. The van der Waals surface area contributed by atoms with E-state index in [-0.39, 0.29) is 11.7 Å². The van der Waals surface area contributed by atoms with Crippen molar-refractivity contribution in [3.05, 3.63) is 35.8 Å². The Morgan fingerprint density at radius 3 is 3.00 bits per heavy atom. The van der Waals surface area contributed by atoms with Crippen molar-refractivity contribution in [3.63, 3.8) is 0 Å². The molecule has 3 heteroatoms. The highest BCUT2D eigenvalue weighted by molar-refractivity contribution is 6.19. The zero-order valence-corrected chi connectivity index (χ0v) is 7.94. The summed E-state index contributed by atoms with van der Waals surface area (Å²) in [4.78, 5) is 0. The number of hydrogen-bond donors (Lipinski definition) is 0. The highest BCUT2D eigenvalue weighted by Gasteiger charge is 2.01. The third kappa shape index (κ3) is 1.73. The Kier molecular flexibility index (Phi) is 2.43. The van der Waals surface area contributed by atoms with Gasteiger partial charge in [0.1, 0.15) is 11.4 Å². The van der Waals surface area contributed by atoms with Gasteiger partial charge in [0.25, 0.3) is 0 Å². The third-order valence-electron chi connectivity index (χ3n) is 1.76. The van der Waals surface area contributed by atoms with Crippen LogP contribution in [0.1, 0.15) is 5.76 Å². The fourth-order valence-corrected chi connectivity index (χ4v) is 1.26. The van der Waals surface area contributed by atoms with Crippen LogP contribution in [-0.4, -0.2) is 5.88 Å². The van der Waals surface area contributed by atoms with E-state index in [0.717, 1.165) is 0 Å². The van der Waals surface area contributed by atoms with Crippen LogP contribution in [0.25, 0.3) is 11.0 Å². The second kappa shape index (κ2) is 3.73. The fourth-order valence-electron chi connectivity index (χ4n) is 1.20. The number of benzene rings is 1. The summed E-state index contributed by atoms with van der Waals surface area (Å²) in [6.45, 7) is 0. The van der Waals surface area contributed by atoms with E-state index in [9.17, 15) is 4.39 Å². The Morgan fingerprint density at radius 2 is 2.21 bits per heavy atom. The molecule has 0 fully saturated rings. The number of fused-ring (bicyclic) bond motifs is 1. The molecule has 2 rings (SSSR count). The minimum absolute atomic E-state index is 0.255. The summed E-state index contributed by atoms with van der Waals surface area (Å²) in [5.41, 5.74) is 0.630. The lowest BCUT2D eigenvalue weighted by molar-refractivity contribution is 0.597. The highest BCUT2D eigenvalue weighted by Crippen LogP contribution is 2.19. The number of rotatable bonds is 0. The lowest BCUT2D eigenvalue weighted by atomic mass is 10.2. The first-order valence-corrected chi connectivity index (χ1v) is 4.57. The van der Waals surface area contributed by atoms with Crippen LogP contribution in [0.4, 0.5) is 4.39 Å². The van der Waals surface area contributed by atoms with Gasteiger partial charge in [0.15, 0.2) is 5.76 Å². The summed E-state index contributed by atoms with van der Waals surface area (Å²) in [6, 6.07) is 6.03. The fraction of sp³-hybridized carbons (Fsp3) is 0.0909. The van der Waals surface area contributed by atoms with Crippen LogP contribution in [0.15, 0.2) is 28.7 Å². The summed E-state index contributed by atoms with van der Waals surface area (Å²) in [5.74, 6) is 5.88. The zero-order chi connectivity index (χ0) is 9.97. The smallest absolute Gasteiger partial charge is 0.178 e. The van der Waals surface area contributed by atoms with Crippen LogP contribution >= 0.6 is 11.6 Å². The van der Waals surface area contributed by atoms with Crippen LogP contribution in [-0.2, 0) is 0 Å². The van der Waals surface area contributed by atoms with E-state index in [4.69, 9.17) is 16.0 Å². The summed E-state index contributed by atoms with van der Waals surface area (Å²) in [5, 5.41) is 0.712. The van der Waals surface area contributed by atoms with Gasteiger partial charge in [0, 0.05) is 11.5 Å². The van der Waals surface area contributed by atoms with Crippen molar-refractivity contribution in [1.29, 1.82) is 0 Å².